The molecular formula is C16H17NO4S. The molecule has 6 heteroatoms. The number of rotatable bonds is 5. The van der Waals surface area contributed by atoms with Gasteiger partial charge in [0.25, 0.3) is 0 Å². The minimum atomic E-state index is -3.24. The van der Waals surface area contributed by atoms with Gasteiger partial charge in [-0.05, 0) is 30.3 Å². The normalized spacial score (nSPS) is 11.5. The van der Waals surface area contributed by atoms with Crippen molar-refractivity contribution >= 4 is 15.6 Å². The van der Waals surface area contributed by atoms with Crippen molar-refractivity contribution in [3.8, 4) is 11.6 Å². The summed E-state index contributed by atoms with van der Waals surface area (Å²) in [5, 5.41) is 0. The van der Waals surface area contributed by atoms with E-state index in [1.54, 1.807) is 24.3 Å². The molecule has 0 atom stereocenters. The van der Waals surface area contributed by atoms with Crippen molar-refractivity contribution in [3.63, 3.8) is 0 Å². The van der Waals surface area contributed by atoms with Crippen molar-refractivity contribution in [1.82, 2.24) is 4.98 Å². The maximum Gasteiger partial charge on any atom is 0.219 e. The zero-order valence-corrected chi connectivity index (χ0v) is 13.4. The van der Waals surface area contributed by atoms with E-state index < -0.39 is 9.84 Å². The average Bonchev–Trinajstić information content (AvgIpc) is 2.46. The molecule has 0 N–H and O–H groups in total. The van der Waals surface area contributed by atoms with Gasteiger partial charge in [0.2, 0.25) is 5.88 Å². The number of sulfone groups is 1. The molecule has 0 fully saturated rings. The Labute approximate surface area is 129 Å². The molecule has 0 amide bonds. The van der Waals surface area contributed by atoms with Crippen LogP contribution in [0.4, 0.5) is 0 Å². The molecule has 2 rings (SSSR count). The number of Topliss-reactive ketones (excluding diaryl/α,β-unsaturated/α-hetero) is 1. The Hall–Kier alpha value is -2.21. The number of carbonyl (C=O) groups is 1. The maximum atomic E-state index is 12.0. The Morgan fingerprint density at radius 3 is 2.32 bits per heavy atom. The van der Waals surface area contributed by atoms with E-state index in [0.29, 0.717) is 17.2 Å². The van der Waals surface area contributed by atoms with E-state index in [4.69, 9.17) is 4.74 Å². The molecule has 1 heterocycles. The summed E-state index contributed by atoms with van der Waals surface area (Å²) >= 11 is 0. The van der Waals surface area contributed by atoms with Crippen LogP contribution < -0.4 is 4.74 Å². The summed E-state index contributed by atoms with van der Waals surface area (Å²) in [5.74, 6) is 0.650. The number of benzene rings is 1. The van der Waals surface area contributed by atoms with Gasteiger partial charge in [0.05, 0.1) is 4.90 Å². The fourth-order valence-electron chi connectivity index (χ4n) is 1.83. The number of hydrogen-bond acceptors (Lipinski definition) is 5. The summed E-state index contributed by atoms with van der Waals surface area (Å²) in [6, 6.07) is 9.25. The van der Waals surface area contributed by atoms with Crippen LogP contribution in [-0.4, -0.2) is 25.4 Å². The fourth-order valence-corrected chi connectivity index (χ4v) is 2.46. The molecule has 0 aliphatic heterocycles. The largest absolute Gasteiger partial charge is 0.439 e. The first-order chi connectivity index (χ1) is 10.3. The topological polar surface area (TPSA) is 73.3 Å². The number of ether oxygens (including phenoxy) is 1. The highest BCUT2D eigenvalue weighted by molar-refractivity contribution is 7.90. The lowest BCUT2D eigenvalue weighted by atomic mass is 10.0. The van der Waals surface area contributed by atoms with E-state index in [1.807, 2.05) is 13.8 Å². The summed E-state index contributed by atoms with van der Waals surface area (Å²) in [4.78, 5) is 16.2. The van der Waals surface area contributed by atoms with Gasteiger partial charge in [0.1, 0.15) is 5.75 Å². The Morgan fingerprint density at radius 1 is 1.14 bits per heavy atom. The molecule has 0 spiro atoms. The summed E-state index contributed by atoms with van der Waals surface area (Å²) in [6.45, 7) is 3.65. The van der Waals surface area contributed by atoms with Gasteiger partial charge in [-0.25, -0.2) is 13.4 Å². The van der Waals surface area contributed by atoms with Gasteiger partial charge in [0, 0.05) is 30.0 Å². The van der Waals surface area contributed by atoms with E-state index in [9.17, 15) is 13.2 Å². The molecule has 0 radical (unpaired) electrons. The van der Waals surface area contributed by atoms with E-state index in [2.05, 4.69) is 4.98 Å². The first kappa shape index (κ1) is 16.2. The Balaban J connectivity index is 2.21. The lowest BCUT2D eigenvalue weighted by Crippen LogP contribution is -2.07. The highest BCUT2D eigenvalue weighted by Gasteiger charge is 2.12. The predicted molar refractivity (Wildman–Crippen MR) is 83.0 cm³/mol. The smallest absolute Gasteiger partial charge is 0.219 e. The number of carbonyl (C=O) groups excluding carboxylic acids is 1. The number of nitrogens with zero attached hydrogens (tertiary/aromatic N) is 1. The molecule has 0 saturated carbocycles. The van der Waals surface area contributed by atoms with Crippen LogP contribution in [0, 0.1) is 5.92 Å². The van der Waals surface area contributed by atoms with Crippen molar-refractivity contribution in [3.05, 3.63) is 48.2 Å². The molecule has 1 aromatic carbocycles. The molecule has 0 saturated heterocycles. The van der Waals surface area contributed by atoms with Crippen LogP contribution in [0.25, 0.3) is 0 Å². The quantitative estimate of drug-likeness (QED) is 0.792. The lowest BCUT2D eigenvalue weighted by molar-refractivity contribution is 0.0939. The van der Waals surface area contributed by atoms with Crippen LogP contribution >= 0.6 is 0 Å². The summed E-state index contributed by atoms with van der Waals surface area (Å²) in [5.41, 5.74) is 0.535. The summed E-state index contributed by atoms with van der Waals surface area (Å²) in [6.07, 6.45) is 2.65. The molecule has 0 aliphatic carbocycles. The second kappa shape index (κ2) is 6.27. The number of ketones is 1. The fraction of sp³-hybridized carbons (Fsp3) is 0.250. The van der Waals surface area contributed by atoms with Crippen LogP contribution in [0.2, 0.25) is 0 Å². The van der Waals surface area contributed by atoms with Crippen molar-refractivity contribution in [1.29, 1.82) is 0 Å². The number of hydrogen-bond donors (Lipinski definition) is 0. The highest BCUT2D eigenvalue weighted by Crippen LogP contribution is 2.22. The molecule has 0 unspecified atom stereocenters. The zero-order chi connectivity index (χ0) is 16.3. The molecule has 1 aromatic heterocycles. The van der Waals surface area contributed by atoms with Gasteiger partial charge in [-0.2, -0.15) is 0 Å². The van der Waals surface area contributed by atoms with Crippen molar-refractivity contribution in [2.45, 2.75) is 18.7 Å². The second-order valence-electron chi connectivity index (χ2n) is 5.25. The number of pyridine rings is 1. The molecule has 22 heavy (non-hydrogen) atoms. The average molecular weight is 319 g/mol. The standard InChI is InChI=1S/C16H17NO4S/c1-11(2)16(18)12-8-9-17-15(10-12)21-13-4-6-14(7-5-13)22(3,19)20/h4-11H,1-3H3. The maximum absolute atomic E-state index is 12.0. The van der Waals surface area contributed by atoms with Gasteiger partial charge >= 0.3 is 0 Å². The summed E-state index contributed by atoms with van der Waals surface area (Å²) in [7, 11) is -3.24. The molecule has 116 valence electrons. The van der Waals surface area contributed by atoms with Crippen molar-refractivity contribution in [2.75, 3.05) is 6.26 Å². The predicted octanol–water partition coefficient (Wildman–Crippen LogP) is 3.12. The van der Waals surface area contributed by atoms with Gasteiger partial charge in [-0.15, -0.1) is 0 Å². The molecule has 2 aromatic rings. The van der Waals surface area contributed by atoms with Crippen LogP contribution in [0.5, 0.6) is 11.6 Å². The minimum absolute atomic E-state index is 0.0136. The third-order valence-corrected chi connectivity index (χ3v) is 4.15. The molecule has 5 nitrogen and oxygen atoms in total. The van der Waals surface area contributed by atoms with Crippen LogP contribution in [-0.2, 0) is 9.84 Å². The van der Waals surface area contributed by atoms with Crippen LogP contribution in [0.1, 0.15) is 24.2 Å². The summed E-state index contributed by atoms with van der Waals surface area (Å²) < 4.78 is 28.3. The van der Waals surface area contributed by atoms with Gasteiger partial charge in [-0.1, -0.05) is 13.8 Å². The van der Waals surface area contributed by atoms with Crippen molar-refractivity contribution < 1.29 is 17.9 Å². The van der Waals surface area contributed by atoms with Gasteiger partial charge in [0.15, 0.2) is 15.6 Å². The van der Waals surface area contributed by atoms with Crippen LogP contribution in [0.15, 0.2) is 47.5 Å². The third kappa shape index (κ3) is 3.92. The SMILES string of the molecule is CC(C)C(=O)c1ccnc(Oc2ccc(S(C)(=O)=O)cc2)c1. The van der Waals surface area contributed by atoms with Crippen molar-refractivity contribution in [2.24, 2.45) is 5.92 Å². The monoisotopic (exact) mass is 319 g/mol. The first-order valence-electron chi connectivity index (χ1n) is 6.75. The van der Waals surface area contributed by atoms with E-state index in [1.165, 1.54) is 18.3 Å². The Kier molecular flexibility index (Phi) is 4.61. The molecule has 0 bridgehead atoms. The zero-order valence-electron chi connectivity index (χ0n) is 12.6. The minimum Gasteiger partial charge on any atom is -0.439 e. The Bertz CT molecular complexity index is 780. The molecule has 0 aliphatic rings. The number of aromatic nitrogens is 1. The van der Waals surface area contributed by atoms with Crippen LogP contribution in [0.3, 0.4) is 0 Å². The molecular weight excluding hydrogens is 302 g/mol. The van der Waals surface area contributed by atoms with Gasteiger partial charge in [-0.3, -0.25) is 4.79 Å². The lowest BCUT2D eigenvalue weighted by Gasteiger charge is -2.08. The first-order valence-corrected chi connectivity index (χ1v) is 8.65. The van der Waals surface area contributed by atoms with E-state index in [0.717, 1.165) is 6.26 Å². The Morgan fingerprint density at radius 2 is 1.77 bits per heavy atom. The second-order valence-corrected chi connectivity index (χ2v) is 7.26. The van der Waals surface area contributed by atoms with Gasteiger partial charge < -0.3 is 4.74 Å². The van der Waals surface area contributed by atoms with E-state index >= 15 is 0 Å². The highest BCUT2D eigenvalue weighted by atomic mass is 32.2. The third-order valence-electron chi connectivity index (χ3n) is 3.02. The van der Waals surface area contributed by atoms with E-state index in [-0.39, 0.29) is 16.6 Å².